The van der Waals surface area contributed by atoms with Gasteiger partial charge in [-0.05, 0) is 34.0 Å². The molecule has 8 nitrogen and oxygen atoms in total. The summed E-state index contributed by atoms with van der Waals surface area (Å²) in [6, 6.07) is 5.34. The van der Waals surface area contributed by atoms with E-state index in [4.69, 9.17) is 5.11 Å². The summed E-state index contributed by atoms with van der Waals surface area (Å²) in [5.74, 6) is 0. The van der Waals surface area contributed by atoms with Gasteiger partial charge in [-0.3, -0.25) is 19.6 Å². The van der Waals surface area contributed by atoms with E-state index in [1.54, 1.807) is 4.72 Å². The van der Waals surface area contributed by atoms with Crippen LogP contribution >= 0.6 is 15.9 Å². The maximum atomic E-state index is 12.2. The number of nitrogens with one attached hydrogen (secondary N) is 1. The van der Waals surface area contributed by atoms with Gasteiger partial charge < -0.3 is 6.53 Å². The molecule has 0 bridgehead atoms. The van der Waals surface area contributed by atoms with E-state index >= 15 is 0 Å². The van der Waals surface area contributed by atoms with Crippen molar-refractivity contribution >= 4 is 48.8 Å². The Labute approximate surface area is 169 Å². The van der Waals surface area contributed by atoms with Crippen LogP contribution in [-0.4, -0.2) is 31.5 Å². The molecule has 2 aromatic carbocycles. The van der Waals surface area contributed by atoms with Crippen LogP contribution in [0.5, 0.6) is 0 Å². The third-order valence-corrected chi connectivity index (χ3v) is 5.43. The second-order valence-electron chi connectivity index (χ2n) is 4.52. The van der Waals surface area contributed by atoms with Gasteiger partial charge >= 0.3 is 29.6 Å². The average Bonchev–Trinajstić information content (AvgIpc) is 2.49. The number of nitro benzene ring substituents is 1. The zero-order valence-corrected chi connectivity index (χ0v) is 16.9. The number of sulfonamides is 1. The van der Waals surface area contributed by atoms with Gasteiger partial charge in [-0.1, -0.05) is 12.1 Å². The number of benzene rings is 2. The summed E-state index contributed by atoms with van der Waals surface area (Å²) in [4.78, 5) is 20.7. The normalized spacial score (nSPS) is 10.9. The molecule has 0 radical (unpaired) electrons. The van der Waals surface area contributed by atoms with Crippen LogP contribution in [0.4, 0.5) is 5.69 Å². The Hall–Kier alpha value is -1.04. The average molecular weight is 427 g/mol. The van der Waals surface area contributed by atoms with E-state index < -0.39 is 25.5 Å². The van der Waals surface area contributed by atoms with Crippen molar-refractivity contribution in [2.75, 3.05) is 6.61 Å². The molecule has 0 aliphatic carbocycles. The third kappa shape index (κ3) is 3.95. The molecule has 0 saturated heterocycles. The van der Waals surface area contributed by atoms with Gasteiger partial charge in [0.25, 0.3) is 15.7 Å². The summed E-state index contributed by atoms with van der Waals surface area (Å²) < 4.78 is 26.6. The molecule has 2 aromatic rings. The van der Waals surface area contributed by atoms with Crippen molar-refractivity contribution in [1.82, 2.24) is 4.72 Å². The maximum Gasteiger partial charge on any atom is 1.00 e. The first kappa shape index (κ1) is 21.0. The topological polar surface area (TPSA) is 127 Å². The first-order valence-corrected chi connectivity index (χ1v) is 8.56. The van der Waals surface area contributed by atoms with Gasteiger partial charge in [-0.25, -0.2) is 8.42 Å². The fourth-order valence-electron chi connectivity index (χ4n) is 2.24. The van der Waals surface area contributed by atoms with Crippen LogP contribution < -0.4 is 34.3 Å². The summed E-state index contributed by atoms with van der Waals surface area (Å²) in [7, 11) is -4.28. The number of aliphatic hydroxyl groups excluding tert-OH is 1. The number of nitrogens with zero attached hydrogens (tertiary/aromatic N) is 1. The zero-order chi connectivity index (χ0) is 17.2. The Morgan fingerprint density at radius 1 is 1.42 bits per heavy atom. The molecule has 124 valence electrons. The molecule has 0 aliphatic heterocycles. The molecule has 0 spiro atoms. The summed E-state index contributed by atoms with van der Waals surface area (Å²) in [6.07, 6.45) is 0.131. The molecule has 0 atom stereocenters. The fraction of sp³-hybridized carbons (Fsp3) is 0.154. The van der Waals surface area contributed by atoms with Crippen LogP contribution in [0.25, 0.3) is 10.8 Å². The SMILES string of the molecule is O=CNS(=O)(=O)c1cc(CCO)c(Br)c2cccc([N+](=O)[O-])c12.[H-].[Na+]. The number of carbonyl (C=O) groups is 1. The summed E-state index contributed by atoms with van der Waals surface area (Å²) in [5.41, 5.74) is 0.0526. The van der Waals surface area contributed by atoms with Gasteiger partial charge in [0.2, 0.25) is 6.41 Å². The summed E-state index contributed by atoms with van der Waals surface area (Å²) in [5, 5.41) is 20.5. The number of carbonyl (C=O) groups excluding carboxylic acids is 1. The van der Waals surface area contributed by atoms with Crippen LogP contribution in [-0.2, 0) is 21.2 Å². The van der Waals surface area contributed by atoms with Crippen LogP contribution in [0.2, 0.25) is 0 Å². The predicted octanol–water partition coefficient (Wildman–Crippen LogP) is -1.40. The quantitative estimate of drug-likeness (QED) is 0.253. The maximum absolute atomic E-state index is 12.2. The molecule has 2 rings (SSSR count). The number of rotatable bonds is 6. The van der Waals surface area contributed by atoms with Crippen LogP contribution in [0.15, 0.2) is 33.6 Å². The van der Waals surface area contributed by atoms with Crippen molar-refractivity contribution in [3.63, 3.8) is 0 Å². The Bertz CT molecular complexity index is 909. The van der Waals surface area contributed by atoms with Crippen LogP contribution in [0.1, 0.15) is 6.99 Å². The molecule has 24 heavy (non-hydrogen) atoms. The minimum atomic E-state index is -4.28. The standard InChI is InChI=1S/C13H11BrN2O6S.Na.H/c14-13-8(4-5-17)6-11(23(21,22)15-7-18)12-9(13)2-1-3-10(12)16(19)20;;/h1-3,6-7,17H,4-5H2,(H,15,18);;/q;+1;-1. The van der Waals surface area contributed by atoms with E-state index in [0.717, 1.165) is 0 Å². The molecule has 0 saturated carbocycles. The van der Waals surface area contributed by atoms with Crippen LogP contribution in [0, 0.1) is 10.1 Å². The molecular weight excluding hydrogens is 415 g/mol. The van der Waals surface area contributed by atoms with Gasteiger partial charge in [0.05, 0.1) is 10.3 Å². The third-order valence-electron chi connectivity index (χ3n) is 3.18. The van der Waals surface area contributed by atoms with E-state index in [0.29, 0.717) is 15.4 Å². The second-order valence-corrected chi connectivity index (χ2v) is 6.99. The van der Waals surface area contributed by atoms with Crippen molar-refractivity contribution in [1.29, 1.82) is 0 Å². The predicted molar refractivity (Wildman–Crippen MR) is 86.6 cm³/mol. The number of fused-ring (bicyclic) bond motifs is 1. The Morgan fingerprint density at radius 3 is 2.62 bits per heavy atom. The van der Waals surface area contributed by atoms with Crippen molar-refractivity contribution in [3.05, 3.63) is 44.4 Å². The first-order valence-electron chi connectivity index (χ1n) is 6.28. The van der Waals surface area contributed by atoms with Crippen molar-refractivity contribution in [2.45, 2.75) is 11.3 Å². The Kier molecular flexibility index (Phi) is 7.32. The summed E-state index contributed by atoms with van der Waals surface area (Å²) in [6.45, 7) is -0.236. The minimum absolute atomic E-state index is 0. The number of nitro groups is 1. The molecule has 0 unspecified atom stereocenters. The van der Waals surface area contributed by atoms with E-state index in [-0.39, 0.29) is 55.8 Å². The molecular formula is C13H12BrN2NaO6S. The summed E-state index contributed by atoms with van der Waals surface area (Å²) >= 11 is 3.29. The fourth-order valence-corrected chi connectivity index (χ4v) is 3.92. The molecule has 0 heterocycles. The molecule has 0 aromatic heterocycles. The van der Waals surface area contributed by atoms with Gasteiger partial charge in [0.1, 0.15) is 4.90 Å². The second kappa shape index (κ2) is 8.37. The molecule has 0 fully saturated rings. The minimum Gasteiger partial charge on any atom is -1.00 e. The number of hydrogen-bond donors (Lipinski definition) is 2. The van der Waals surface area contributed by atoms with Crippen molar-refractivity contribution in [2.24, 2.45) is 0 Å². The zero-order valence-electron chi connectivity index (χ0n) is 13.5. The number of halogens is 1. The van der Waals surface area contributed by atoms with E-state index in [1.807, 2.05) is 0 Å². The van der Waals surface area contributed by atoms with Gasteiger partial charge in [0, 0.05) is 22.5 Å². The van der Waals surface area contributed by atoms with Gasteiger partial charge in [0.15, 0.2) is 0 Å². The number of non-ortho nitro benzene ring substituents is 1. The number of amides is 1. The van der Waals surface area contributed by atoms with Crippen LogP contribution in [0.3, 0.4) is 0 Å². The smallest absolute Gasteiger partial charge is 1.00 e. The van der Waals surface area contributed by atoms with E-state index in [1.165, 1.54) is 24.3 Å². The molecule has 1 amide bonds. The number of aliphatic hydroxyl groups is 1. The Morgan fingerprint density at radius 2 is 2.08 bits per heavy atom. The van der Waals surface area contributed by atoms with Crippen molar-refractivity contribution < 1.29 is 54.2 Å². The van der Waals surface area contributed by atoms with E-state index in [9.17, 15) is 23.3 Å². The van der Waals surface area contributed by atoms with Gasteiger partial charge in [-0.2, -0.15) is 0 Å². The molecule has 2 N–H and O–H groups in total. The Balaban J connectivity index is 0.00000288. The first-order chi connectivity index (χ1) is 10.8. The molecule has 11 heteroatoms. The largest absolute Gasteiger partial charge is 1.00 e. The van der Waals surface area contributed by atoms with Gasteiger partial charge in [-0.15, -0.1) is 0 Å². The monoisotopic (exact) mass is 426 g/mol. The van der Waals surface area contributed by atoms with Crippen molar-refractivity contribution in [3.8, 4) is 0 Å². The molecule has 0 aliphatic rings. The number of hydrogen-bond acceptors (Lipinski definition) is 6. The van der Waals surface area contributed by atoms with E-state index in [2.05, 4.69) is 15.9 Å².